The summed E-state index contributed by atoms with van der Waals surface area (Å²) in [6, 6.07) is 4.77. The number of aromatic amines is 1. The molecule has 2 rings (SSSR count). The highest BCUT2D eigenvalue weighted by atomic mass is 16.5. The molecule has 0 atom stereocenters. The van der Waals surface area contributed by atoms with Crippen LogP contribution in [-0.2, 0) is 6.54 Å². The molecule has 98 valence electrons. The Bertz CT molecular complexity index is 689. The van der Waals surface area contributed by atoms with Crippen molar-refractivity contribution in [3.8, 4) is 5.75 Å². The second-order valence-corrected chi connectivity index (χ2v) is 3.79. The Morgan fingerprint density at radius 1 is 1.42 bits per heavy atom. The predicted octanol–water partition coefficient (Wildman–Crippen LogP) is -0.199. The lowest BCUT2D eigenvalue weighted by atomic mass is 10.1. The Labute approximate surface area is 107 Å². The van der Waals surface area contributed by atoms with Crippen molar-refractivity contribution in [1.82, 2.24) is 14.8 Å². The molecule has 0 saturated heterocycles. The normalized spacial score (nSPS) is 10.2. The first-order chi connectivity index (χ1) is 9.15. The van der Waals surface area contributed by atoms with E-state index in [0.29, 0.717) is 23.2 Å². The minimum absolute atomic E-state index is 0.00153. The molecule has 0 saturated carbocycles. The number of aldehydes is 1. The van der Waals surface area contributed by atoms with Crippen LogP contribution in [0.1, 0.15) is 15.9 Å². The summed E-state index contributed by atoms with van der Waals surface area (Å²) in [4.78, 5) is 33.9. The second-order valence-electron chi connectivity index (χ2n) is 3.79. The SMILES string of the molecule is COc1ccc(C=O)cc1Cn1c(=O)cn[nH]c1=O. The quantitative estimate of drug-likeness (QED) is 0.769. The summed E-state index contributed by atoms with van der Waals surface area (Å²) in [6.07, 6.45) is 1.69. The van der Waals surface area contributed by atoms with Gasteiger partial charge in [0.1, 0.15) is 18.2 Å². The summed E-state index contributed by atoms with van der Waals surface area (Å²) in [5.41, 5.74) is -0.145. The van der Waals surface area contributed by atoms with Gasteiger partial charge in [-0.05, 0) is 18.2 Å². The fraction of sp³-hybridized carbons (Fsp3) is 0.167. The smallest absolute Gasteiger partial charge is 0.345 e. The zero-order valence-electron chi connectivity index (χ0n) is 10.1. The lowest BCUT2D eigenvalue weighted by molar-refractivity contribution is 0.112. The van der Waals surface area contributed by atoms with Crippen molar-refractivity contribution in [2.75, 3.05) is 7.11 Å². The van der Waals surface area contributed by atoms with Gasteiger partial charge >= 0.3 is 5.69 Å². The van der Waals surface area contributed by atoms with Gasteiger partial charge in [-0.2, -0.15) is 5.10 Å². The number of carbonyl (C=O) groups excluding carboxylic acids is 1. The molecule has 0 fully saturated rings. The minimum atomic E-state index is -0.619. The van der Waals surface area contributed by atoms with E-state index >= 15 is 0 Å². The molecule has 0 bridgehead atoms. The van der Waals surface area contributed by atoms with Gasteiger partial charge in [0.25, 0.3) is 5.56 Å². The van der Waals surface area contributed by atoms with Gasteiger partial charge < -0.3 is 4.74 Å². The topological polar surface area (TPSA) is 94.0 Å². The van der Waals surface area contributed by atoms with Crippen molar-refractivity contribution >= 4 is 6.29 Å². The van der Waals surface area contributed by atoms with E-state index in [0.717, 1.165) is 10.8 Å². The highest BCUT2D eigenvalue weighted by molar-refractivity contribution is 5.75. The third-order valence-corrected chi connectivity index (χ3v) is 2.62. The molecule has 7 heteroatoms. The monoisotopic (exact) mass is 261 g/mol. The number of methoxy groups -OCH3 is 1. The summed E-state index contributed by atoms with van der Waals surface area (Å²) < 4.78 is 6.11. The van der Waals surface area contributed by atoms with Crippen LogP contribution in [0.4, 0.5) is 0 Å². The van der Waals surface area contributed by atoms with Crippen molar-refractivity contribution in [2.24, 2.45) is 0 Å². The van der Waals surface area contributed by atoms with Crippen LogP contribution >= 0.6 is 0 Å². The molecule has 2 aromatic rings. The third kappa shape index (κ3) is 2.59. The van der Waals surface area contributed by atoms with Crippen LogP contribution in [0.15, 0.2) is 34.0 Å². The van der Waals surface area contributed by atoms with Gasteiger partial charge in [-0.1, -0.05) is 0 Å². The molecule has 7 nitrogen and oxygen atoms in total. The third-order valence-electron chi connectivity index (χ3n) is 2.62. The minimum Gasteiger partial charge on any atom is -0.496 e. The van der Waals surface area contributed by atoms with Gasteiger partial charge in [-0.25, -0.2) is 9.89 Å². The first-order valence-corrected chi connectivity index (χ1v) is 5.42. The van der Waals surface area contributed by atoms with Crippen LogP contribution < -0.4 is 16.0 Å². The van der Waals surface area contributed by atoms with Crippen molar-refractivity contribution in [2.45, 2.75) is 6.54 Å². The molecule has 1 N–H and O–H groups in total. The first kappa shape index (κ1) is 12.7. The molecule has 0 radical (unpaired) electrons. The number of hydrogen-bond acceptors (Lipinski definition) is 5. The number of carbonyl (C=O) groups is 1. The number of ether oxygens (including phenoxy) is 1. The molecule has 0 spiro atoms. The summed E-state index contributed by atoms with van der Waals surface area (Å²) in [5.74, 6) is 0.494. The van der Waals surface area contributed by atoms with Crippen LogP contribution in [-0.4, -0.2) is 28.2 Å². The predicted molar refractivity (Wildman–Crippen MR) is 66.6 cm³/mol. The second kappa shape index (κ2) is 5.30. The van der Waals surface area contributed by atoms with Crippen LogP contribution in [0.25, 0.3) is 0 Å². The van der Waals surface area contributed by atoms with Crippen LogP contribution in [0.3, 0.4) is 0 Å². The number of hydrogen-bond donors (Lipinski definition) is 1. The molecular formula is C12H11N3O4. The molecule has 0 amide bonds. The van der Waals surface area contributed by atoms with Crippen molar-refractivity contribution in [3.63, 3.8) is 0 Å². The van der Waals surface area contributed by atoms with Crippen LogP contribution in [0.2, 0.25) is 0 Å². The van der Waals surface area contributed by atoms with Crippen LogP contribution in [0.5, 0.6) is 5.75 Å². The molecular weight excluding hydrogens is 250 g/mol. The van der Waals surface area contributed by atoms with E-state index in [4.69, 9.17) is 4.74 Å². The van der Waals surface area contributed by atoms with Crippen molar-refractivity contribution < 1.29 is 9.53 Å². The Morgan fingerprint density at radius 2 is 2.21 bits per heavy atom. The van der Waals surface area contributed by atoms with Crippen molar-refractivity contribution in [1.29, 1.82) is 0 Å². The van der Waals surface area contributed by atoms with E-state index in [9.17, 15) is 14.4 Å². The molecule has 0 unspecified atom stereocenters. The molecule has 0 aliphatic heterocycles. The largest absolute Gasteiger partial charge is 0.496 e. The summed E-state index contributed by atoms with van der Waals surface area (Å²) in [6.45, 7) is 0.00153. The molecule has 1 aromatic carbocycles. The van der Waals surface area contributed by atoms with E-state index in [1.807, 2.05) is 0 Å². The van der Waals surface area contributed by atoms with Gasteiger partial charge in [-0.3, -0.25) is 14.2 Å². The van der Waals surface area contributed by atoms with E-state index in [1.165, 1.54) is 7.11 Å². The molecule has 0 aliphatic rings. The van der Waals surface area contributed by atoms with E-state index in [2.05, 4.69) is 10.2 Å². The van der Waals surface area contributed by atoms with Gasteiger partial charge in [0.05, 0.1) is 13.7 Å². The highest BCUT2D eigenvalue weighted by Gasteiger charge is 2.08. The zero-order valence-corrected chi connectivity index (χ0v) is 10.1. The fourth-order valence-electron chi connectivity index (χ4n) is 1.69. The molecule has 0 aliphatic carbocycles. The number of H-pyrrole nitrogens is 1. The molecule has 1 aromatic heterocycles. The fourth-order valence-corrected chi connectivity index (χ4v) is 1.69. The van der Waals surface area contributed by atoms with Gasteiger partial charge in [-0.15, -0.1) is 0 Å². The lowest BCUT2D eigenvalue weighted by Crippen LogP contribution is -2.35. The number of aromatic nitrogens is 3. The standard InChI is InChI=1S/C12H11N3O4/c1-19-10-3-2-8(7-16)4-9(10)6-15-11(17)5-13-14-12(15)18/h2-5,7H,6H2,1H3,(H,14,18). The Morgan fingerprint density at radius 3 is 2.84 bits per heavy atom. The maximum absolute atomic E-state index is 11.6. The highest BCUT2D eigenvalue weighted by Crippen LogP contribution is 2.19. The zero-order chi connectivity index (χ0) is 13.8. The number of nitrogens with zero attached hydrogens (tertiary/aromatic N) is 2. The number of rotatable bonds is 4. The lowest BCUT2D eigenvalue weighted by Gasteiger charge is -2.09. The Hall–Kier alpha value is -2.70. The van der Waals surface area contributed by atoms with E-state index < -0.39 is 11.2 Å². The van der Waals surface area contributed by atoms with Crippen LogP contribution in [0, 0.1) is 0 Å². The van der Waals surface area contributed by atoms with Crippen molar-refractivity contribution in [3.05, 3.63) is 56.4 Å². The number of benzene rings is 1. The summed E-state index contributed by atoms with van der Waals surface area (Å²) >= 11 is 0. The van der Waals surface area contributed by atoms with Gasteiger partial charge in [0.2, 0.25) is 0 Å². The Kier molecular flexibility index (Phi) is 3.56. The average molecular weight is 261 g/mol. The van der Waals surface area contributed by atoms with E-state index in [1.54, 1.807) is 18.2 Å². The average Bonchev–Trinajstić information content (AvgIpc) is 2.42. The van der Waals surface area contributed by atoms with Gasteiger partial charge in [0.15, 0.2) is 0 Å². The van der Waals surface area contributed by atoms with E-state index in [-0.39, 0.29) is 6.54 Å². The maximum Gasteiger partial charge on any atom is 0.345 e. The molecule has 19 heavy (non-hydrogen) atoms. The number of nitrogens with one attached hydrogen (secondary N) is 1. The Balaban J connectivity index is 2.51. The summed E-state index contributed by atoms with van der Waals surface area (Å²) in [7, 11) is 1.47. The molecule has 1 heterocycles. The first-order valence-electron chi connectivity index (χ1n) is 5.42. The van der Waals surface area contributed by atoms with Gasteiger partial charge in [0, 0.05) is 11.1 Å². The summed E-state index contributed by atoms with van der Waals surface area (Å²) in [5, 5.41) is 5.58. The maximum atomic E-state index is 11.6.